The molecule has 10 nitrogen and oxygen atoms in total. The zero-order chi connectivity index (χ0) is 19.4. The summed E-state index contributed by atoms with van der Waals surface area (Å²) in [5, 5.41) is 11.4. The molecule has 0 N–H and O–H groups in total. The molecule has 140 valence electrons. The third-order valence-corrected chi connectivity index (χ3v) is 3.57. The smallest absolute Gasteiger partial charge is 0.355 e. The lowest BCUT2D eigenvalue weighted by Gasteiger charge is -2.31. The fourth-order valence-electron chi connectivity index (χ4n) is 2.38. The van der Waals surface area contributed by atoms with E-state index in [9.17, 15) is 24.1 Å². The van der Waals surface area contributed by atoms with Crippen molar-refractivity contribution in [1.82, 2.24) is 0 Å². The topological polar surface area (TPSA) is 117 Å². The second kappa shape index (κ2) is 7.78. The van der Waals surface area contributed by atoms with Crippen molar-refractivity contribution in [2.45, 2.75) is 0 Å². The van der Waals surface area contributed by atoms with Crippen LogP contribution in [0, 0.1) is 15.9 Å². The van der Waals surface area contributed by atoms with Crippen LogP contribution in [-0.4, -0.2) is 51.5 Å². The number of carbonyl (C=O) groups is 2. The first kappa shape index (κ1) is 19.1. The van der Waals surface area contributed by atoms with Gasteiger partial charge in [0.2, 0.25) is 0 Å². The average molecular weight is 370 g/mol. The molecule has 1 aliphatic rings. The number of anilines is 1. The van der Waals surface area contributed by atoms with Crippen LogP contribution in [0.2, 0.25) is 0 Å². The van der Waals surface area contributed by atoms with Gasteiger partial charge >= 0.3 is 11.9 Å². The lowest BCUT2D eigenvalue weighted by atomic mass is 10.1. The summed E-state index contributed by atoms with van der Waals surface area (Å²) in [5.74, 6) is -3.09. The van der Waals surface area contributed by atoms with E-state index in [1.54, 1.807) is 0 Å². The van der Waals surface area contributed by atoms with Gasteiger partial charge in [-0.05, 0) is 0 Å². The Hall–Kier alpha value is -3.21. The first-order chi connectivity index (χ1) is 12.3. The van der Waals surface area contributed by atoms with Gasteiger partial charge in [0.15, 0.2) is 11.6 Å². The van der Waals surface area contributed by atoms with Gasteiger partial charge in [-0.25, -0.2) is 14.0 Å². The van der Waals surface area contributed by atoms with E-state index in [-0.39, 0.29) is 36.0 Å². The molecule has 26 heavy (non-hydrogen) atoms. The van der Waals surface area contributed by atoms with Crippen molar-refractivity contribution in [3.63, 3.8) is 0 Å². The zero-order valence-electron chi connectivity index (χ0n) is 14.1. The van der Waals surface area contributed by atoms with Crippen LogP contribution in [0.15, 0.2) is 23.4 Å². The molecule has 0 aliphatic carbocycles. The predicted molar refractivity (Wildman–Crippen MR) is 84.0 cm³/mol. The number of esters is 2. The third kappa shape index (κ3) is 3.42. The van der Waals surface area contributed by atoms with Gasteiger partial charge in [-0.3, -0.25) is 10.1 Å². The van der Waals surface area contributed by atoms with Crippen LogP contribution in [0.1, 0.15) is 0 Å². The van der Waals surface area contributed by atoms with E-state index >= 15 is 0 Å². The molecule has 0 unspecified atom stereocenters. The van der Waals surface area contributed by atoms with E-state index < -0.39 is 28.4 Å². The van der Waals surface area contributed by atoms with Crippen molar-refractivity contribution in [1.29, 1.82) is 0 Å². The Morgan fingerprint density at radius 1 is 1.23 bits per heavy atom. The minimum atomic E-state index is -0.959. The number of hydrogen-bond acceptors (Lipinski definition) is 9. The molecule has 0 fully saturated rings. The number of hydrogen-bond donors (Lipinski definition) is 0. The number of ether oxygens (including phenoxy) is 4. The normalized spacial score (nSPS) is 14.1. The molecule has 2 rings (SSSR count). The Labute approximate surface area is 146 Å². The Morgan fingerprint density at radius 2 is 1.88 bits per heavy atom. The third-order valence-electron chi connectivity index (χ3n) is 3.57. The highest BCUT2D eigenvalue weighted by atomic mass is 19.1. The molecule has 0 saturated carbocycles. The molecule has 0 aromatic heterocycles. The number of nitro benzene ring substituents is 1. The monoisotopic (exact) mass is 370 g/mol. The summed E-state index contributed by atoms with van der Waals surface area (Å²) < 4.78 is 33.3. The number of nitro groups is 1. The highest BCUT2D eigenvalue weighted by Gasteiger charge is 2.36. The second-order valence-corrected chi connectivity index (χ2v) is 4.95. The summed E-state index contributed by atoms with van der Waals surface area (Å²) >= 11 is 0. The first-order valence-electron chi connectivity index (χ1n) is 7.12. The van der Waals surface area contributed by atoms with Gasteiger partial charge in [0, 0.05) is 6.07 Å². The van der Waals surface area contributed by atoms with Crippen LogP contribution in [0.4, 0.5) is 15.8 Å². The van der Waals surface area contributed by atoms with Gasteiger partial charge in [-0.15, -0.1) is 0 Å². The van der Waals surface area contributed by atoms with Gasteiger partial charge in [0.1, 0.15) is 18.1 Å². The number of rotatable bonds is 5. The van der Waals surface area contributed by atoms with Crippen LogP contribution in [0.5, 0.6) is 5.75 Å². The van der Waals surface area contributed by atoms with Crippen molar-refractivity contribution in [2.75, 3.05) is 39.6 Å². The summed E-state index contributed by atoms with van der Waals surface area (Å²) in [6.07, 6.45) is 0. The number of nitrogens with zero attached hydrogens (tertiary/aromatic N) is 2. The van der Waals surface area contributed by atoms with E-state index in [4.69, 9.17) is 9.47 Å². The quantitative estimate of drug-likeness (QED) is 0.427. The number of methoxy groups -OCH3 is 3. The molecular formula is C15H15FN2O8. The number of halogens is 1. The minimum Gasteiger partial charge on any atom is -0.493 e. The summed E-state index contributed by atoms with van der Waals surface area (Å²) in [7, 11) is 3.32. The van der Waals surface area contributed by atoms with Crippen LogP contribution >= 0.6 is 0 Å². The summed E-state index contributed by atoms with van der Waals surface area (Å²) in [4.78, 5) is 35.7. The van der Waals surface area contributed by atoms with E-state index in [1.807, 2.05) is 0 Å². The molecule has 1 heterocycles. The fourth-order valence-corrected chi connectivity index (χ4v) is 2.38. The Bertz CT molecular complexity index is 792. The van der Waals surface area contributed by atoms with E-state index in [2.05, 4.69) is 9.47 Å². The summed E-state index contributed by atoms with van der Waals surface area (Å²) in [6.45, 7) is -0.627. The number of carbonyl (C=O) groups excluding carboxylic acids is 2. The van der Waals surface area contributed by atoms with Crippen molar-refractivity contribution in [3.8, 4) is 5.75 Å². The molecule has 1 aromatic carbocycles. The Balaban J connectivity index is 2.72. The van der Waals surface area contributed by atoms with Gasteiger partial charge in [-0.1, -0.05) is 0 Å². The summed E-state index contributed by atoms with van der Waals surface area (Å²) in [6, 6.07) is 1.68. The Kier molecular flexibility index (Phi) is 5.72. The van der Waals surface area contributed by atoms with Gasteiger partial charge in [0.25, 0.3) is 5.69 Å². The molecular weight excluding hydrogens is 355 g/mol. The molecule has 1 aliphatic heterocycles. The van der Waals surface area contributed by atoms with Crippen LogP contribution in [0.3, 0.4) is 0 Å². The van der Waals surface area contributed by atoms with Gasteiger partial charge in [0.05, 0.1) is 44.5 Å². The minimum absolute atomic E-state index is 0.212. The maximum atomic E-state index is 14.1. The van der Waals surface area contributed by atoms with E-state index in [1.165, 1.54) is 0 Å². The first-order valence-corrected chi connectivity index (χ1v) is 7.12. The molecule has 0 bridgehead atoms. The van der Waals surface area contributed by atoms with Crippen LogP contribution < -0.4 is 9.64 Å². The molecule has 0 atom stereocenters. The standard InChI is InChI=1S/C15H15FN2O8/c1-23-12-5-11(18(21)22)10(4-9(12)16)17-7-26-6-8(14(19)24-2)13(17)15(20)25-3/h4-5H,6-7H2,1-3H3. The Morgan fingerprint density at radius 3 is 2.42 bits per heavy atom. The van der Waals surface area contributed by atoms with Crippen molar-refractivity contribution < 1.29 is 37.9 Å². The van der Waals surface area contributed by atoms with Gasteiger partial charge in [-0.2, -0.15) is 0 Å². The van der Waals surface area contributed by atoms with Crippen LogP contribution in [-0.2, 0) is 23.8 Å². The zero-order valence-corrected chi connectivity index (χ0v) is 14.1. The van der Waals surface area contributed by atoms with E-state index in [0.717, 1.165) is 38.4 Å². The molecule has 1 aromatic rings. The summed E-state index contributed by atoms with van der Waals surface area (Å²) in [5.41, 5.74) is -1.41. The molecule has 0 spiro atoms. The average Bonchev–Trinajstić information content (AvgIpc) is 2.65. The molecule has 0 radical (unpaired) electrons. The molecule has 0 amide bonds. The van der Waals surface area contributed by atoms with Gasteiger partial charge < -0.3 is 23.8 Å². The van der Waals surface area contributed by atoms with Crippen molar-refractivity contribution in [2.24, 2.45) is 0 Å². The predicted octanol–water partition coefficient (Wildman–Crippen LogP) is 1.14. The maximum absolute atomic E-state index is 14.1. The van der Waals surface area contributed by atoms with Crippen LogP contribution in [0.25, 0.3) is 0 Å². The maximum Gasteiger partial charge on any atom is 0.355 e. The second-order valence-electron chi connectivity index (χ2n) is 4.95. The SMILES string of the molecule is COC(=O)C1=C(C(=O)OC)N(c2cc(F)c(OC)cc2[N+](=O)[O-])COC1. The van der Waals surface area contributed by atoms with Crippen molar-refractivity contribution >= 4 is 23.3 Å². The highest BCUT2D eigenvalue weighted by Crippen LogP contribution is 2.38. The van der Waals surface area contributed by atoms with E-state index in [0.29, 0.717) is 0 Å². The fraction of sp³-hybridized carbons (Fsp3) is 0.333. The largest absolute Gasteiger partial charge is 0.493 e. The molecule has 0 saturated heterocycles. The van der Waals surface area contributed by atoms with Crippen molar-refractivity contribution in [3.05, 3.63) is 39.3 Å². The lowest BCUT2D eigenvalue weighted by molar-refractivity contribution is -0.384. The highest BCUT2D eigenvalue weighted by molar-refractivity contribution is 6.03. The molecule has 11 heteroatoms. The lowest BCUT2D eigenvalue weighted by Crippen LogP contribution is -2.39. The number of benzene rings is 1.